The van der Waals surface area contributed by atoms with Crippen LogP contribution in [0.25, 0.3) is 11.4 Å². The van der Waals surface area contributed by atoms with Gasteiger partial charge in [0, 0.05) is 12.6 Å². The van der Waals surface area contributed by atoms with Crippen LogP contribution in [0.5, 0.6) is 17.6 Å². The second kappa shape index (κ2) is 8.95. The van der Waals surface area contributed by atoms with Crippen LogP contribution in [0.3, 0.4) is 0 Å². The molecular formula is C20H22N4O4S. The van der Waals surface area contributed by atoms with Crippen molar-refractivity contribution in [3.05, 3.63) is 51.8 Å². The SMILES string of the molecule is COc1cc(OC)nc(-c2ccc(COc3nc(SC)n(C)c(=O)c3C)cc2)n1. The predicted molar refractivity (Wildman–Crippen MR) is 111 cm³/mol. The molecule has 0 atom stereocenters. The summed E-state index contributed by atoms with van der Waals surface area (Å²) >= 11 is 1.40. The summed E-state index contributed by atoms with van der Waals surface area (Å²) in [5, 5.41) is 0.607. The van der Waals surface area contributed by atoms with Crippen molar-refractivity contribution in [3.8, 4) is 29.0 Å². The third-order valence-electron chi connectivity index (χ3n) is 4.30. The predicted octanol–water partition coefficient (Wildman–Crippen LogP) is 2.86. The lowest BCUT2D eigenvalue weighted by Gasteiger charge is -2.12. The van der Waals surface area contributed by atoms with E-state index in [0.717, 1.165) is 11.1 Å². The first-order valence-electron chi connectivity index (χ1n) is 8.77. The Morgan fingerprint density at radius 1 is 1.03 bits per heavy atom. The standard InChI is InChI=1S/C20H22N4O4S/c1-12-18(23-20(29-5)24(2)19(12)25)28-11-13-6-8-14(9-7-13)17-21-15(26-3)10-16(22-17)27-4/h6-10H,11H2,1-5H3. The summed E-state index contributed by atoms with van der Waals surface area (Å²) in [7, 11) is 4.79. The Bertz CT molecular complexity index is 1050. The van der Waals surface area contributed by atoms with E-state index in [1.54, 1.807) is 34.3 Å². The van der Waals surface area contributed by atoms with Crippen molar-refractivity contribution >= 4 is 11.8 Å². The smallest absolute Gasteiger partial charge is 0.260 e. The molecule has 0 aliphatic heterocycles. The van der Waals surface area contributed by atoms with Gasteiger partial charge >= 0.3 is 0 Å². The zero-order chi connectivity index (χ0) is 21.0. The normalized spacial score (nSPS) is 10.7. The molecule has 1 aromatic carbocycles. The van der Waals surface area contributed by atoms with Crippen LogP contribution in [-0.2, 0) is 13.7 Å². The highest BCUT2D eigenvalue weighted by atomic mass is 32.2. The fourth-order valence-electron chi connectivity index (χ4n) is 2.64. The van der Waals surface area contributed by atoms with Crippen molar-refractivity contribution in [1.29, 1.82) is 0 Å². The number of hydrogen-bond acceptors (Lipinski definition) is 8. The van der Waals surface area contributed by atoms with Crippen molar-refractivity contribution in [2.75, 3.05) is 20.5 Å². The van der Waals surface area contributed by atoms with Crippen LogP contribution in [-0.4, -0.2) is 40.0 Å². The van der Waals surface area contributed by atoms with Crippen LogP contribution in [0.4, 0.5) is 0 Å². The van der Waals surface area contributed by atoms with Crippen molar-refractivity contribution in [2.45, 2.75) is 18.7 Å². The van der Waals surface area contributed by atoms with Crippen LogP contribution >= 0.6 is 11.8 Å². The van der Waals surface area contributed by atoms with E-state index in [-0.39, 0.29) is 12.2 Å². The molecule has 0 bridgehead atoms. The first kappa shape index (κ1) is 20.7. The molecule has 9 heteroatoms. The molecule has 0 saturated heterocycles. The second-order valence-electron chi connectivity index (χ2n) is 6.15. The second-order valence-corrected chi connectivity index (χ2v) is 6.93. The summed E-state index contributed by atoms with van der Waals surface area (Å²) < 4.78 is 17.7. The quantitative estimate of drug-likeness (QED) is 0.431. The highest BCUT2D eigenvalue weighted by Crippen LogP contribution is 2.23. The summed E-state index contributed by atoms with van der Waals surface area (Å²) in [6.45, 7) is 2.00. The third-order valence-corrected chi connectivity index (χ3v) is 5.03. The highest BCUT2D eigenvalue weighted by molar-refractivity contribution is 7.98. The Kier molecular flexibility index (Phi) is 6.38. The Morgan fingerprint density at radius 2 is 1.66 bits per heavy atom. The van der Waals surface area contributed by atoms with Gasteiger partial charge in [-0.3, -0.25) is 9.36 Å². The summed E-state index contributed by atoms with van der Waals surface area (Å²) in [6.07, 6.45) is 1.87. The van der Waals surface area contributed by atoms with Crippen LogP contribution < -0.4 is 19.8 Å². The van der Waals surface area contributed by atoms with Gasteiger partial charge in [0.25, 0.3) is 5.56 Å². The number of ether oxygens (including phenoxy) is 3. The minimum absolute atomic E-state index is 0.112. The first-order valence-corrected chi connectivity index (χ1v) is 10.00. The summed E-state index contributed by atoms with van der Waals surface area (Å²) in [4.78, 5) is 25.4. The molecule has 3 rings (SSSR count). The van der Waals surface area contributed by atoms with Gasteiger partial charge in [0.05, 0.1) is 25.8 Å². The zero-order valence-electron chi connectivity index (χ0n) is 16.9. The number of aromatic nitrogens is 4. The Labute approximate surface area is 172 Å². The molecule has 0 N–H and O–H groups in total. The molecule has 29 heavy (non-hydrogen) atoms. The fourth-order valence-corrected chi connectivity index (χ4v) is 3.17. The van der Waals surface area contributed by atoms with E-state index in [9.17, 15) is 4.79 Å². The van der Waals surface area contributed by atoms with Gasteiger partial charge in [0.15, 0.2) is 11.0 Å². The monoisotopic (exact) mass is 414 g/mol. The summed E-state index contributed by atoms with van der Waals surface area (Å²) in [5.74, 6) is 1.71. The lowest BCUT2D eigenvalue weighted by Crippen LogP contribution is -2.23. The van der Waals surface area contributed by atoms with Crippen molar-refractivity contribution < 1.29 is 14.2 Å². The van der Waals surface area contributed by atoms with Gasteiger partial charge in [-0.25, -0.2) is 0 Å². The Balaban J connectivity index is 1.79. The molecule has 2 heterocycles. The molecular weight excluding hydrogens is 392 g/mol. The highest BCUT2D eigenvalue weighted by Gasteiger charge is 2.12. The van der Waals surface area contributed by atoms with Gasteiger partial charge in [0.1, 0.15) is 6.61 Å². The van der Waals surface area contributed by atoms with Gasteiger partial charge in [0.2, 0.25) is 17.6 Å². The van der Waals surface area contributed by atoms with Gasteiger partial charge < -0.3 is 14.2 Å². The molecule has 0 amide bonds. The maximum absolute atomic E-state index is 12.3. The van der Waals surface area contributed by atoms with Crippen LogP contribution in [0, 0.1) is 6.92 Å². The van der Waals surface area contributed by atoms with Gasteiger partial charge in [-0.1, -0.05) is 36.0 Å². The van der Waals surface area contributed by atoms with E-state index in [2.05, 4.69) is 15.0 Å². The molecule has 3 aromatic rings. The maximum Gasteiger partial charge on any atom is 0.260 e. The van der Waals surface area contributed by atoms with Gasteiger partial charge in [-0.15, -0.1) is 0 Å². The topological polar surface area (TPSA) is 88.4 Å². The van der Waals surface area contributed by atoms with Gasteiger partial charge in [-0.05, 0) is 18.7 Å². The first-order chi connectivity index (χ1) is 14.0. The van der Waals surface area contributed by atoms with E-state index in [1.165, 1.54) is 16.3 Å². The molecule has 0 radical (unpaired) electrons. The minimum atomic E-state index is -0.112. The minimum Gasteiger partial charge on any atom is -0.481 e. The number of rotatable bonds is 7. The fraction of sp³-hybridized carbons (Fsp3) is 0.300. The average Bonchev–Trinajstić information content (AvgIpc) is 2.77. The number of methoxy groups -OCH3 is 2. The van der Waals surface area contributed by atoms with E-state index in [4.69, 9.17) is 14.2 Å². The third kappa shape index (κ3) is 4.51. The Hall–Kier alpha value is -3.07. The molecule has 0 aliphatic carbocycles. The number of nitrogens with zero attached hydrogens (tertiary/aromatic N) is 4. The van der Waals surface area contributed by atoms with Crippen molar-refractivity contribution in [2.24, 2.45) is 7.05 Å². The Morgan fingerprint density at radius 3 is 2.21 bits per heavy atom. The lowest BCUT2D eigenvalue weighted by molar-refractivity contribution is 0.285. The molecule has 0 saturated carbocycles. The van der Waals surface area contributed by atoms with Crippen molar-refractivity contribution in [1.82, 2.24) is 19.5 Å². The van der Waals surface area contributed by atoms with E-state index in [0.29, 0.717) is 34.2 Å². The van der Waals surface area contributed by atoms with E-state index in [1.807, 2.05) is 30.5 Å². The number of benzene rings is 1. The largest absolute Gasteiger partial charge is 0.481 e. The summed E-state index contributed by atoms with van der Waals surface area (Å²) in [6, 6.07) is 9.23. The van der Waals surface area contributed by atoms with Crippen molar-refractivity contribution in [3.63, 3.8) is 0 Å². The van der Waals surface area contributed by atoms with Crippen LogP contribution in [0.15, 0.2) is 40.3 Å². The number of thioether (sulfide) groups is 1. The molecule has 2 aromatic heterocycles. The lowest BCUT2D eigenvalue weighted by atomic mass is 10.1. The molecule has 152 valence electrons. The number of hydrogen-bond donors (Lipinski definition) is 0. The average molecular weight is 414 g/mol. The van der Waals surface area contributed by atoms with Gasteiger partial charge in [-0.2, -0.15) is 15.0 Å². The molecule has 0 unspecified atom stereocenters. The molecule has 8 nitrogen and oxygen atoms in total. The van der Waals surface area contributed by atoms with E-state index >= 15 is 0 Å². The summed E-state index contributed by atoms with van der Waals surface area (Å²) in [5.41, 5.74) is 2.12. The molecule has 0 fully saturated rings. The zero-order valence-corrected chi connectivity index (χ0v) is 17.7. The molecule has 0 aliphatic rings. The van der Waals surface area contributed by atoms with Crippen LogP contribution in [0.2, 0.25) is 0 Å². The van der Waals surface area contributed by atoms with E-state index < -0.39 is 0 Å². The molecule has 0 spiro atoms. The maximum atomic E-state index is 12.3. The van der Waals surface area contributed by atoms with Crippen LogP contribution in [0.1, 0.15) is 11.1 Å².